The lowest BCUT2D eigenvalue weighted by atomic mass is 11.3. The fraction of sp³-hybridized carbons (Fsp3) is 0. The smallest absolute Gasteiger partial charge is 0.195 e. The average Bonchev–Trinajstić information content (AvgIpc) is 3.14. The Hall–Kier alpha value is 1.78. The van der Waals surface area contributed by atoms with Crippen molar-refractivity contribution in [3.05, 3.63) is 12.7 Å². The highest BCUT2D eigenvalue weighted by Gasteiger charge is 2.01. The number of nitrogens with one attached hydrogen (secondary N) is 2. The molecule has 2 N–H and O–H groups in total. The van der Waals surface area contributed by atoms with Crippen molar-refractivity contribution in [2.45, 2.75) is 10.3 Å². The molecule has 0 amide bonds. The van der Waals surface area contributed by atoms with Crippen LogP contribution in [0.15, 0.2) is 23.0 Å². The number of nitrogens with zero attached hydrogens (tertiary/aromatic N) is 4. The molecular weight excluding hydrogens is 453 g/mol. The lowest BCUT2D eigenvalue weighted by molar-refractivity contribution is 0.979. The lowest BCUT2D eigenvalue weighted by Gasteiger charge is -1.97. The first kappa shape index (κ1) is 18.1. The van der Waals surface area contributed by atoms with Gasteiger partial charge >= 0.3 is 0 Å². The second kappa shape index (κ2) is 12.2. The maximum Gasteiger partial charge on any atom is 0.195 e. The Morgan fingerprint density at radius 2 is 1.00 bits per heavy atom. The Balaban J connectivity index is 1.33. The molecule has 0 spiro atoms. The molecule has 110 valence electrons. The van der Waals surface area contributed by atoms with E-state index < -0.39 is 0 Å². The van der Waals surface area contributed by atoms with Crippen molar-refractivity contribution in [2.75, 3.05) is 0 Å². The largest absolute Gasteiger partial charge is 0.254 e. The molecule has 0 saturated carbocycles. The van der Waals surface area contributed by atoms with E-state index in [9.17, 15) is 0 Å². The van der Waals surface area contributed by atoms with Crippen LogP contribution in [0.2, 0.25) is 0 Å². The van der Waals surface area contributed by atoms with Crippen LogP contribution in [0.3, 0.4) is 0 Å². The molecular formula is C4H4N6S10. The number of hydrogen-bond acceptors (Lipinski definition) is 14. The fourth-order valence-electron chi connectivity index (χ4n) is 0.629. The van der Waals surface area contributed by atoms with Gasteiger partial charge in [0.15, 0.2) is 10.3 Å². The SMILES string of the molecule is c1n[nH]c(SSSSSSSSSSc2ncn[nH]2)n1. The van der Waals surface area contributed by atoms with Crippen molar-refractivity contribution in [1.29, 1.82) is 0 Å². The van der Waals surface area contributed by atoms with Gasteiger partial charge in [-0.05, 0) is 100 Å². The monoisotopic (exact) mass is 456 g/mol. The van der Waals surface area contributed by atoms with Crippen LogP contribution in [-0.2, 0) is 0 Å². The molecule has 0 radical (unpaired) electrons. The maximum absolute atomic E-state index is 4.02. The van der Waals surface area contributed by atoms with Crippen LogP contribution in [0.1, 0.15) is 0 Å². The first-order valence-corrected chi connectivity index (χ1v) is 17.2. The van der Waals surface area contributed by atoms with Gasteiger partial charge in [0.05, 0.1) is 0 Å². The van der Waals surface area contributed by atoms with Gasteiger partial charge < -0.3 is 0 Å². The summed E-state index contributed by atoms with van der Waals surface area (Å²) in [6.45, 7) is 0. The van der Waals surface area contributed by atoms with E-state index in [0.717, 1.165) is 10.3 Å². The Labute approximate surface area is 152 Å². The zero-order valence-corrected chi connectivity index (χ0v) is 17.2. The van der Waals surface area contributed by atoms with E-state index in [1.165, 1.54) is 12.7 Å². The van der Waals surface area contributed by atoms with Gasteiger partial charge in [0.25, 0.3) is 0 Å². The van der Waals surface area contributed by atoms with E-state index >= 15 is 0 Å². The molecule has 0 aliphatic carbocycles. The van der Waals surface area contributed by atoms with Gasteiger partial charge in [-0.2, -0.15) is 10.2 Å². The molecule has 0 bridgehead atoms. The second-order valence-corrected chi connectivity index (χ2v) is 18.6. The van der Waals surface area contributed by atoms with Crippen LogP contribution in [0, 0.1) is 0 Å². The molecule has 0 fully saturated rings. The topological polar surface area (TPSA) is 83.1 Å². The summed E-state index contributed by atoms with van der Waals surface area (Å²) in [5.74, 6) is 0. The highest BCUT2D eigenvalue weighted by Crippen LogP contribution is 2.60. The summed E-state index contributed by atoms with van der Waals surface area (Å²) in [5.41, 5.74) is 0. The third-order valence-electron chi connectivity index (χ3n) is 1.21. The van der Waals surface area contributed by atoms with Crippen molar-refractivity contribution in [2.24, 2.45) is 0 Å². The van der Waals surface area contributed by atoms with Gasteiger partial charge in [-0.1, -0.05) is 0 Å². The van der Waals surface area contributed by atoms with Crippen LogP contribution in [-0.4, -0.2) is 30.4 Å². The van der Waals surface area contributed by atoms with Crippen LogP contribution in [0.25, 0.3) is 0 Å². The van der Waals surface area contributed by atoms with Crippen LogP contribution < -0.4 is 0 Å². The summed E-state index contributed by atoms with van der Waals surface area (Å²) in [4.78, 5) is 8.04. The highest BCUT2D eigenvalue weighted by molar-refractivity contribution is 9.52. The average molecular weight is 457 g/mol. The summed E-state index contributed by atoms with van der Waals surface area (Å²) in [5, 5.41) is 14.8. The molecule has 16 heteroatoms. The van der Waals surface area contributed by atoms with Gasteiger partial charge in [-0.15, -0.1) is 0 Å². The van der Waals surface area contributed by atoms with Gasteiger partial charge in [0.1, 0.15) is 12.7 Å². The highest BCUT2D eigenvalue weighted by atomic mass is 34.0. The van der Waals surface area contributed by atoms with Crippen molar-refractivity contribution < 1.29 is 0 Å². The molecule has 0 aliphatic heterocycles. The van der Waals surface area contributed by atoms with Gasteiger partial charge in [0, 0.05) is 0 Å². The first-order valence-electron chi connectivity index (χ1n) is 4.34. The quantitative estimate of drug-likeness (QED) is 0.310. The number of H-pyrrole nitrogens is 2. The summed E-state index contributed by atoms with van der Waals surface area (Å²) >= 11 is 0. The summed E-state index contributed by atoms with van der Waals surface area (Å²) in [6.07, 6.45) is 3.02. The molecule has 2 rings (SSSR count). The Morgan fingerprint density at radius 1 is 0.600 bits per heavy atom. The first-order chi connectivity index (χ1) is 9.95. The normalized spacial score (nSPS) is 11.0. The minimum Gasteiger partial charge on any atom is -0.254 e. The number of hydrogen-bond donors (Lipinski definition) is 2. The van der Waals surface area contributed by atoms with Crippen LogP contribution in [0.4, 0.5) is 0 Å². The number of rotatable bonds is 11. The molecule has 2 heterocycles. The minimum atomic E-state index is 0.825. The van der Waals surface area contributed by atoms with E-state index in [1.54, 1.807) is 100 Å². The molecule has 0 saturated heterocycles. The minimum absolute atomic E-state index is 0.825. The maximum atomic E-state index is 4.02. The zero-order chi connectivity index (χ0) is 13.9. The zero-order valence-electron chi connectivity index (χ0n) is 9.03. The lowest BCUT2D eigenvalue weighted by Crippen LogP contribution is -1.67. The molecule has 0 atom stereocenters. The van der Waals surface area contributed by atoms with E-state index in [4.69, 9.17) is 0 Å². The second-order valence-electron chi connectivity index (χ2n) is 2.29. The molecule has 20 heavy (non-hydrogen) atoms. The summed E-state index contributed by atoms with van der Waals surface area (Å²) in [7, 11) is 16.8. The van der Waals surface area contributed by atoms with Crippen molar-refractivity contribution in [3.8, 4) is 0 Å². The number of aromatic nitrogens is 6. The predicted molar refractivity (Wildman–Crippen MR) is 105 cm³/mol. The van der Waals surface area contributed by atoms with E-state index in [-0.39, 0.29) is 0 Å². The van der Waals surface area contributed by atoms with Crippen molar-refractivity contribution >= 4 is 100 Å². The summed E-state index contributed by atoms with van der Waals surface area (Å²) in [6, 6.07) is 0. The molecule has 6 nitrogen and oxygen atoms in total. The third-order valence-corrected chi connectivity index (χ3v) is 20.2. The molecule has 0 aliphatic rings. The van der Waals surface area contributed by atoms with E-state index in [1.807, 2.05) is 0 Å². The standard InChI is InChI=1S/C4H4N6S10/c1-5-3(9-7-1)11-13-15-17-19-20-18-16-14-12-4-6-2-8-10-4/h1-2H,(H,5,7,9)(H,6,8,10). The van der Waals surface area contributed by atoms with Gasteiger partial charge in [-0.3, -0.25) is 10.2 Å². The van der Waals surface area contributed by atoms with E-state index in [2.05, 4.69) is 30.4 Å². The van der Waals surface area contributed by atoms with Crippen molar-refractivity contribution in [3.63, 3.8) is 0 Å². The van der Waals surface area contributed by atoms with Crippen LogP contribution in [0.5, 0.6) is 0 Å². The van der Waals surface area contributed by atoms with Crippen molar-refractivity contribution in [1.82, 2.24) is 30.4 Å². The molecule has 2 aromatic heterocycles. The third kappa shape index (κ3) is 8.42. The molecule has 2 aromatic rings. The Morgan fingerprint density at radius 3 is 1.35 bits per heavy atom. The fourth-order valence-corrected chi connectivity index (χ4v) is 21.8. The molecule has 0 unspecified atom stereocenters. The Kier molecular flexibility index (Phi) is 11.1. The van der Waals surface area contributed by atoms with Crippen LogP contribution >= 0.6 is 100 Å². The molecule has 0 aromatic carbocycles. The summed E-state index contributed by atoms with van der Waals surface area (Å²) < 4.78 is 0. The van der Waals surface area contributed by atoms with Gasteiger partial charge in [0.2, 0.25) is 0 Å². The number of aromatic amines is 2. The predicted octanol–water partition coefficient (Wildman–Crippen LogP) is 5.91. The van der Waals surface area contributed by atoms with Gasteiger partial charge in [-0.25, -0.2) is 9.97 Å². The Bertz CT molecular complexity index is 392. The van der Waals surface area contributed by atoms with E-state index in [0.29, 0.717) is 0 Å².